The van der Waals surface area contributed by atoms with Crippen molar-refractivity contribution in [2.24, 2.45) is 0 Å². The number of Topliss-reactive ketones (excluding diaryl/α,β-unsaturated/α-hetero) is 1. The fraction of sp³-hybridized carbons (Fsp3) is 0.188. The lowest BCUT2D eigenvalue weighted by Gasteiger charge is -2.09. The summed E-state index contributed by atoms with van der Waals surface area (Å²) in [5.74, 6) is 0.0822. The number of anilines is 2. The van der Waals surface area contributed by atoms with E-state index in [1.807, 2.05) is 30.3 Å². The molecule has 0 aliphatic heterocycles. The first-order valence-electron chi connectivity index (χ1n) is 6.01. The molecule has 0 spiro atoms. The Kier molecular flexibility index (Phi) is 3.47. The quantitative estimate of drug-likeness (QED) is 0.811. The van der Waals surface area contributed by atoms with Gasteiger partial charge in [-0.2, -0.15) is 0 Å². The van der Waals surface area contributed by atoms with E-state index < -0.39 is 0 Å². The number of carbonyl (C=O) groups is 1. The van der Waals surface area contributed by atoms with E-state index in [1.54, 1.807) is 6.92 Å². The summed E-state index contributed by atoms with van der Waals surface area (Å²) in [7, 11) is 0. The number of rotatable bonds is 3. The highest BCUT2D eigenvalue weighted by atomic mass is 16.1. The summed E-state index contributed by atoms with van der Waals surface area (Å²) < 4.78 is 0. The average Bonchev–Trinajstić information content (AvgIpc) is 2.34. The number of hydrogen-bond donors (Lipinski definition) is 1. The van der Waals surface area contributed by atoms with Crippen LogP contribution in [0.15, 0.2) is 42.5 Å². The molecule has 0 aliphatic carbocycles. The normalized spacial score (nSPS) is 10.2. The largest absolute Gasteiger partial charge is 0.355 e. The van der Waals surface area contributed by atoms with Crippen molar-refractivity contribution in [3.05, 3.63) is 59.2 Å². The van der Waals surface area contributed by atoms with Crippen LogP contribution < -0.4 is 5.32 Å². The maximum absolute atomic E-state index is 11.3. The minimum absolute atomic E-state index is 0.0822. The van der Waals surface area contributed by atoms with Gasteiger partial charge in [-0.25, -0.2) is 0 Å². The Bertz CT molecular complexity index is 587. The Morgan fingerprint density at radius 1 is 0.944 bits per heavy atom. The lowest BCUT2D eigenvalue weighted by molar-refractivity contribution is 0.101. The Morgan fingerprint density at radius 2 is 1.67 bits per heavy atom. The Morgan fingerprint density at radius 3 is 2.33 bits per heavy atom. The van der Waals surface area contributed by atoms with Crippen LogP contribution in [0.1, 0.15) is 28.4 Å². The highest BCUT2D eigenvalue weighted by Gasteiger charge is 2.01. The van der Waals surface area contributed by atoms with Gasteiger partial charge in [-0.3, -0.25) is 4.79 Å². The molecule has 0 aromatic heterocycles. The molecule has 0 fully saturated rings. The summed E-state index contributed by atoms with van der Waals surface area (Å²) in [4.78, 5) is 11.3. The van der Waals surface area contributed by atoms with Crippen LogP contribution in [0.25, 0.3) is 0 Å². The number of carbonyl (C=O) groups excluding carboxylic acids is 1. The molecule has 0 saturated carbocycles. The van der Waals surface area contributed by atoms with Crippen molar-refractivity contribution in [2.75, 3.05) is 5.32 Å². The van der Waals surface area contributed by atoms with Crippen LogP contribution >= 0.6 is 0 Å². The number of ketones is 1. The van der Waals surface area contributed by atoms with Gasteiger partial charge in [0.15, 0.2) is 5.78 Å². The van der Waals surface area contributed by atoms with E-state index in [0.29, 0.717) is 0 Å². The van der Waals surface area contributed by atoms with Crippen molar-refractivity contribution in [1.82, 2.24) is 0 Å². The summed E-state index contributed by atoms with van der Waals surface area (Å²) in [5, 5.41) is 3.32. The first-order valence-corrected chi connectivity index (χ1v) is 6.01. The third kappa shape index (κ3) is 2.77. The van der Waals surface area contributed by atoms with Gasteiger partial charge >= 0.3 is 0 Å². The van der Waals surface area contributed by atoms with Crippen LogP contribution in [0.3, 0.4) is 0 Å². The van der Waals surface area contributed by atoms with Crippen molar-refractivity contribution in [1.29, 1.82) is 0 Å². The molecule has 0 radical (unpaired) electrons. The smallest absolute Gasteiger partial charge is 0.159 e. The third-order valence-corrected chi connectivity index (χ3v) is 3.06. The molecule has 0 bridgehead atoms. The van der Waals surface area contributed by atoms with Crippen molar-refractivity contribution in [2.45, 2.75) is 20.8 Å². The number of hydrogen-bond acceptors (Lipinski definition) is 2. The molecule has 0 heterocycles. The molecule has 0 amide bonds. The average molecular weight is 239 g/mol. The summed E-state index contributed by atoms with van der Waals surface area (Å²) in [6, 6.07) is 13.8. The maximum atomic E-state index is 11.3. The van der Waals surface area contributed by atoms with Crippen LogP contribution in [0, 0.1) is 13.8 Å². The topological polar surface area (TPSA) is 29.1 Å². The SMILES string of the molecule is CC(=O)c1cccc(Nc2ccc(C)c(C)c2)c1. The van der Waals surface area contributed by atoms with Crippen molar-refractivity contribution in [3.63, 3.8) is 0 Å². The second-order valence-electron chi connectivity index (χ2n) is 4.56. The highest BCUT2D eigenvalue weighted by Crippen LogP contribution is 2.20. The predicted molar refractivity (Wildman–Crippen MR) is 75.6 cm³/mol. The molecular weight excluding hydrogens is 222 g/mol. The van der Waals surface area contributed by atoms with Crippen molar-refractivity contribution < 1.29 is 4.79 Å². The van der Waals surface area contributed by atoms with Gasteiger partial charge in [-0.1, -0.05) is 18.2 Å². The molecule has 18 heavy (non-hydrogen) atoms. The van der Waals surface area contributed by atoms with Crippen molar-refractivity contribution >= 4 is 17.2 Å². The van der Waals surface area contributed by atoms with Crippen LogP contribution in [0.5, 0.6) is 0 Å². The zero-order chi connectivity index (χ0) is 13.1. The van der Waals surface area contributed by atoms with Gasteiger partial charge in [0.25, 0.3) is 0 Å². The van der Waals surface area contributed by atoms with Crippen LogP contribution in [-0.2, 0) is 0 Å². The van der Waals surface area contributed by atoms with Gasteiger partial charge in [0.2, 0.25) is 0 Å². The fourth-order valence-corrected chi connectivity index (χ4v) is 1.80. The summed E-state index contributed by atoms with van der Waals surface area (Å²) in [5.41, 5.74) is 5.23. The van der Waals surface area contributed by atoms with Gasteiger partial charge in [0.05, 0.1) is 0 Å². The van der Waals surface area contributed by atoms with Gasteiger partial charge in [0, 0.05) is 16.9 Å². The summed E-state index contributed by atoms with van der Waals surface area (Å²) >= 11 is 0. The van der Waals surface area contributed by atoms with Crippen LogP contribution in [-0.4, -0.2) is 5.78 Å². The molecule has 1 N–H and O–H groups in total. The molecule has 2 aromatic rings. The molecule has 0 aliphatic rings. The minimum Gasteiger partial charge on any atom is -0.355 e. The third-order valence-electron chi connectivity index (χ3n) is 3.06. The Hall–Kier alpha value is -2.09. The van der Waals surface area contributed by atoms with E-state index in [-0.39, 0.29) is 5.78 Å². The Labute approximate surface area is 108 Å². The molecule has 0 unspecified atom stereocenters. The van der Waals surface area contributed by atoms with E-state index in [4.69, 9.17) is 0 Å². The molecular formula is C16H17NO. The van der Waals surface area contributed by atoms with Gasteiger partial charge in [-0.15, -0.1) is 0 Å². The van der Waals surface area contributed by atoms with E-state index in [0.717, 1.165) is 16.9 Å². The number of aryl methyl sites for hydroxylation is 2. The summed E-state index contributed by atoms with van der Waals surface area (Å²) in [6.45, 7) is 5.76. The monoisotopic (exact) mass is 239 g/mol. The van der Waals surface area contributed by atoms with Crippen LogP contribution in [0.4, 0.5) is 11.4 Å². The van der Waals surface area contributed by atoms with Crippen LogP contribution in [0.2, 0.25) is 0 Å². The van der Waals surface area contributed by atoms with E-state index in [1.165, 1.54) is 11.1 Å². The first kappa shape index (κ1) is 12.4. The Balaban J connectivity index is 2.25. The minimum atomic E-state index is 0.0822. The number of nitrogens with one attached hydrogen (secondary N) is 1. The molecule has 0 atom stereocenters. The maximum Gasteiger partial charge on any atom is 0.159 e. The predicted octanol–water partition coefficient (Wildman–Crippen LogP) is 4.25. The molecule has 2 aromatic carbocycles. The lowest BCUT2D eigenvalue weighted by Crippen LogP contribution is -1.95. The zero-order valence-electron chi connectivity index (χ0n) is 10.9. The van der Waals surface area contributed by atoms with E-state index in [9.17, 15) is 4.79 Å². The highest BCUT2D eigenvalue weighted by molar-refractivity contribution is 5.95. The van der Waals surface area contributed by atoms with Gasteiger partial charge in [0.1, 0.15) is 0 Å². The van der Waals surface area contributed by atoms with E-state index in [2.05, 4.69) is 31.3 Å². The van der Waals surface area contributed by atoms with Gasteiger partial charge < -0.3 is 5.32 Å². The van der Waals surface area contributed by atoms with Crippen molar-refractivity contribution in [3.8, 4) is 0 Å². The summed E-state index contributed by atoms with van der Waals surface area (Å²) in [6.07, 6.45) is 0. The fourth-order valence-electron chi connectivity index (χ4n) is 1.80. The molecule has 2 nitrogen and oxygen atoms in total. The molecule has 0 saturated heterocycles. The standard InChI is InChI=1S/C16H17NO/c1-11-7-8-16(9-12(11)2)17-15-6-4-5-14(10-15)13(3)18/h4-10,17H,1-3H3. The molecule has 2 heteroatoms. The van der Waals surface area contributed by atoms with E-state index >= 15 is 0 Å². The lowest BCUT2D eigenvalue weighted by atomic mass is 10.1. The molecule has 92 valence electrons. The second-order valence-corrected chi connectivity index (χ2v) is 4.56. The number of benzene rings is 2. The van der Waals surface area contributed by atoms with Gasteiger partial charge in [-0.05, 0) is 56.2 Å². The molecule has 2 rings (SSSR count). The first-order chi connectivity index (χ1) is 8.56. The zero-order valence-corrected chi connectivity index (χ0v) is 10.9. The second kappa shape index (κ2) is 5.05.